The molecule has 19 nitrogen and oxygen atoms in total. The van der Waals surface area contributed by atoms with E-state index in [0.29, 0.717) is 42.5 Å². The third kappa shape index (κ3) is 11.4. The maximum Gasteiger partial charge on any atom is 0.328 e. The summed E-state index contributed by atoms with van der Waals surface area (Å²) in [5.74, 6) is 22.3. The van der Waals surface area contributed by atoms with Gasteiger partial charge in [-0.15, -0.1) is 0 Å². The van der Waals surface area contributed by atoms with E-state index >= 15 is 0 Å². The van der Waals surface area contributed by atoms with E-state index in [1.165, 1.54) is 38.3 Å². The molecule has 0 aliphatic carbocycles. The first-order chi connectivity index (χ1) is 30.7. The molecular formula is C44H54N8O11S2. The van der Waals surface area contributed by atoms with Crippen molar-refractivity contribution in [1.29, 1.82) is 0 Å². The Hall–Kier alpha value is -5.62. The molecule has 0 spiro atoms. The summed E-state index contributed by atoms with van der Waals surface area (Å²) in [5, 5.41) is 12.0. The number of carbonyl (C=O) groups excluding carboxylic acids is 4. The number of likely N-dealkylation sites (tertiary alicyclic amines) is 1. The second-order valence-corrected chi connectivity index (χ2v) is 22.1. The van der Waals surface area contributed by atoms with Gasteiger partial charge in [-0.05, 0) is 82.4 Å². The van der Waals surface area contributed by atoms with Crippen molar-refractivity contribution in [3.63, 3.8) is 0 Å². The number of hydrogen-bond acceptors (Lipinski definition) is 13. The van der Waals surface area contributed by atoms with Gasteiger partial charge in [0, 0.05) is 112 Å². The van der Waals surface area contributed by atoms with E-state index in [0.717, 1.165) is 62.9 Å². The van der Waals surface area contributed by atoms with E-state index in [2.05, 4.69) is 63.1 Å². The summed E-state index contributed by atoms with van der Waals surface area (Å²) in [6.07, 6.45) is 6.83. The first-order valence-corrected chi connectivity index (χ1v) is 24.9. The van der Waals surface area contributed by atoms with Crippen molar-refractivity contribution in [3.05, 3.63) is 47.0 Å². The summed E-state index contributed by atoms with van der Waals surface area (Å²) in [5.41, 5.74) is 6.51. The molecule has 5 aliphatic rings. The summed E-state index contributed by atoms with van der Waals surface area (Å²) in [6, 6.07) is 3.00. The zero-order valence-corrected chi connectivity index (χ0v) is 38.7. The highest BCUT2D eigenvalue weighted by molar-refractivity contribution is 7.93. The van der Waals surface area contributed by atoms with Crippen molar-refractivity contribution >= 4 is 43.6 Å². The van der Waals surface area contributed by atoms with Gasteiger partial charge < -0.3 is 24.8 Å². The van der Waals surface area contributed by atoms with Gasteiger partial charge in [0.2, 0.25) is 0 Å². The van der Waals surface area contributed by atoms with Gasteiger partial charge in [0.15, 0.2) is 35.5 Å². The summed E-state index contributed by atoms with van der Waals surface area (Å²) < 4.78 is 53.9. The molecule has 7 heterocycles. The molecule has 3 fully saturated rings. The summed E-state index contributed by atoms with van der Waals surface area (Å²) in [7, 11) is -5.59. The second kappa shape index (κ2) is 20.3. The standard InChI is InChI=1S/C24H30N4O6S.C20H24N4O5S/c1-24(35(2,31)32,22(29)26-34-21-9-5-6-12-33-21)10-11-27-17-20-13-18(16-28(20)23(27)30)7-3-4-8-19-14-25-15-19;1-20(18(25)21-27,30(3,28)29)8-9-23-14-17-10-15(13-24(17)19(23)26)6-4-5-7-16-11-22(2)12-16/h13,16,19,21,25H,5-6,9-12,14-15,17H2,1-2H3,(H,26,29);10,13,16,27H,8-9,11-12,14H2,1-3H3,(H,21,25)/t21?,24-;20-/m11/s1. The minimum atomic E-state index is -3.82. The highest BCUT2D eigenvalue weighted by atomic mass is 32.2. The van der Waals surface area contributed by atoms with Crippen molar-refractivity contribution in [3.8, 4) is 47.4 Å². The number of rotatable bonds is 12. The quantitative estimate of drug-likeness (QED) is 0.129. The molecule has 21 heteroatoms. The van der Waals surface area contributed by atoms with Gasteiger partial charge in [0.25, 0.3) is 11.8 Å². The van der Waals surface area contributed by atoms with Gasteiger partial charge in [-0.3, -0.25) is 23.9 Å². The molecule has 5 aliphatic heterocycles. The topological polar surface area (TPSA) is 231 Å². The Balaban J connectivity index is 0.000000218. The lowest BCUT2D eigenvalue weighted by atomic mass is 10.0. The molecule has 0 radical (unpaired) electrons. The number of aromatic nitrogens is 2. The maximum absolute atomic E-state index is 12.9. The van der Waals surface area contributed by atoms with Crippen LogP contribution in [0.15, 0.2) is 24.5 Å². The van der Waals surface area contributed by atoms with E-state index in [9.17, 15) is 36.0 Å². The normalized spacial score (nSPS) is 20.1. The Labute approximate surface area is 379 Å². The average molecular weight is 935 g/mol. The second-order valence-electron chi connectivity index (χ2n) is 17.2. The lowest BCUT2D eigenvalue weighted by Gasteiger charge is -2.32. The minimum absolute atomic E-state index is 0.0415. The van der Waals surface area contributed by atoms with Crippen molar-refractivity contribution in [2.75, 3.05) is 65.4 Å². The number of ether oxygens (including phenoxy) is 1. The van der Waals surface area contributed by atoms with Crippen LogP contribution in [0, 0.1) is 59.2 Å². The summed E-state index contributed by atoms with van der Waals surface area (Å²) in [4.78, 5) is 60.7. The fourth-order valence-corrected chi connectivity index (χ4v) is 9.06. The predicted molar refractivity (Wildman–Crippen MR) is 236 cm³/mol. The van der Waals surface area contributed by atoms with Crippen molar-refractivity contribution < 1.29 is 50.8 Å². The molecule has 0 bridgehead atoms. The third-order valence-electron chi connectivity index (χ3n) is 12.2. The number of hydrogen-bond donors (Lipinski definition) is 4. The van der Waals surface area contributed by atoms with Gasteiger partial charge >= 0.3 is 12.1 Å². The van der Waals surface area contributed by atoms with Crippen LogP contribution in [0.25, 0.3) is 0 Å². The highest BCUT2D eigenvalue weighted by Crippen LogP contribution is 2.28. The minimum Gasteiger partial charge on any atom is -0.350 e. The average Bonchev–Trinajstić information content (AvgIpc) is 3.98. The van der Waals surface area contributed by atoms with Crippen LogP contribution in [0.3, 0.4) is 0 Å². The Morgan fingerprint density at radius 1 is 0.815 bits per heavy atom. The van der Waals surface area contributed by atoms with E-state index in [1.54, 1.807) is 18.5 Å². The van der Waals surface area contributed by atoms with Crippen LogP contribution in [0.5, 0.6) is 0 Å². The monoisotopic (exact) mass is 934 g/mol. The molecular weight excluding hydrogens is 881 g/mol. The van der Waals surface area contributed by atoms with E-state index in [1.807, 2.05) is 13.1 Å². The molecule has 3 atom stereocenters. The van der Waals surface area contributed by atoms with Crippen LogP contribution >= 0.6 is 0 Å². The SMILES string of the molecule is CN1CC(C#CC#Cc2cc3n(c2)C(=O)N(CC[C@](C)(C(=O)NO)S(C)(=O)=O)C3)C1.C[C@@](CCN1Cc2cc(C#CC#CC3CNC3)cn2C1=O)(C(=O)NOC1CCCCO1)S(C)(=O)=O. The number of hydroxylamine groups is 2. The molecule has 65 heavy (non-hydrogen) atoms. The Morgan fingerprint density at radius 3 is 1.74 bits per heavy atom. The Morgan fingerprint density at radius 2 is 1.32 bits per heavy atom. The zero-order valence-electron chi connectivity index (χ0n) is 37.0. The molecule has 348 valence electrons. The number of sulfone groups is 2. The van der Waals surface area contributed by atoms with E-state index in [-0.39, 0.29) is 44.5 Å². The smallest absolute Gasteiger partial charge is 0.328 e. The van der Waals surface area contributed by atoms with Crippen LogP contribution in [0.1, 0.15) is 68.5 Å². The van der Waals surface area contributed by atoms with Gasteiger partial charge in [-0.1, -0.05) is 23.7 Å². The van der Waals surface area contributed by atoms with Crippen molar-refractivity contribution in [1.82, 2.24) is 40.1 Å². The first-order valence-electron chi connectivity index (χ1n) is 21.1. The van der Waals surface area contributed by atoms with E-state index in [4.69, 9.17) is 14.8 Å². The highest BCUT2D eigenvalue weighted by Gasteiger charge is 2.46. The molecule has 2 aromatic rings. The fraction of sp³-hybridized carbons (Fsp3) is 0.545. The van der Waals surface area contributed by atoms with Gasteiger partial charge in [-0.2, -0.15) is 0 Å². The summed E-state index contributed by atoms with van der Waals surface area (Å²) >= 11 is 0. The maximum atomic E-state index is 12.9. The largest absolute Gasteiger partial charge is 0.350 e. The van der Waals surface area contributed by atoms with Crippen LogP contribution in [0.4, 0.5) is 9.59 Å². The van der Waals surface area contributed by atoms with Crippen molar-refractivity contribution in [2.45, 2.75) is 74.8 Å². The molecule has 3 saturated heterocycles. The lowest BCUT2D eigenvalue weighted by molar-refractivity contribution is -0.201. The van der Waals surface area contributed by atoms with Gasteiger partial charge in [-0.25, -0.2) is 42.2 Å². The lowest BCUT2D eigenvalue weighted by Crippen LogP contribution is -2.52. The number of fused-ring (bicyclic) bond motifs is 2. The van der Waals surface area contributed by atoms with Crippen LogP contribution in [0.2, 0.25) is 0 Å². The molecule has 2 aromatic heterocycles. The number of amides is 4. The van der Waals surface area contributed by atoms with Gasteiger partial charge in [0.05, 0.1) is 13.1 Å². The van der Waals surface area contributed by atoms with Crippen LogP contribution < -0.4 is 16.3 Å². The molecule has 7 rings (SSSR count). The number of nitrogens with zero attached hydrogens (tertiary/aromatic N) is 5. The molecule has 1 unspecified atom stereocenters. The van der Waals surface area contributed by atoms with E-state index < -0.39 is 47.3 Å². The molecule has 0 saturated carbocycles. The Bertz CT molecular complexity index is 2670. The fourth-order valence-electron chi connectivity index (χ4n) is 7.38. The van der Waals surface area contributed by atoms with Crippen molar-refractivity contribution in [2.24, 2.45) is 11.8 Å². The zero-order chi connectivity index (χ0) is 47.2. The molecule has 0 aromatic carbocycles. The molecule has 4 N–H and O–H groups in total. The number of carbonyl (C=O) groups is 4. The number of nitrogens with one attached hydrogen (secondary N) is 3. The predicted octanol–water partition coefficient (Wildman–Crippen LogP) is 0.501. The van der Waals surface area contributed by atoms with Crippen LogP contribution in [-0.4, -0.2) is 151 Å². The summed E-state index contributed by atoms with van der Waals surface area (Å²) in [6.45, 7) is 7.50. The van der Waals surface area contributed by atoms with Crippen LogP contribution in [-0.2, 0) is 51.9 Å². The molecule has 4 amide bonds. The third-order valence-corrected chi connectivity index (χ3v) is 16.3. The first kappa shape index (κ1) is 48.8. The van der Waals surface area contributed by atoms with Gasteiger partial charge in [0.1, 0.15) is 0 Å². The Kier molecular flexibility index (Phi) is 15.2.